The molecule has 0 spiro atoms. The number of fused-ring (bicyclic) bond motifs is 1. The van der Waals surface area contributed by atoms with Crippen molar-refractivity contribution in [3.63, 3.8) is 0 Å². The van der Waals surface area contributed by atoms with Crippen LogP contribution in [-0.2, 0) is 4.74 Å². The van der Waals surface area contributed by atoms with Crippen molar-refractivity contribution in [2.24, 2.45) is 0 Å². The van der Waals surface area contributed by atoms with Crippen LogP contribution in [0.2, 0.25) is 0 Å². The van der Waals surface area contributed by atoms with Gasteiger partial charge < -0.3 is 9.84 Å². The molecule has 1 unspecified atom stereocenters. The number of pyridine rings is 1. The maximum atomic E-state index is 13.0. The van der Waals surface area contributed by atoms with Crippen molar-refractivity contribution in [1.29, 1.82) is 0 Å². The number of carbonyl (C=O) groups excluding carboxylic acids is 1. The third kappa shape index (κ3) is 6.20. The van der Waals surface area contributed by atoms with Crippen LogP contribution < -0.4 is 0 Å². The largest absolute Gasteiger partial charge is 0.508 e. The van der Waals surface area contributed by atoms with Crippen LogP contribution >= 0.6 is 0 Å². The summed E-state index contributed by atoms with van der Waals surface area (Å²) in [4.78, 5) is 16.4. The summed E-state index contributed by atoms with van der Waals surface area (Å²) in [5.74, 6) is -0.917. The van der Waals surface area contributed by atoms with E-state index in [2.05, 4.69) is 4.98 Å². The van der Waals surface area contributed by atoms with Gasteiger partial charge in [0.15, 0.2) is 0 Å². The minimum atomic E-state index is -4.28. The lowest BCUT2D eigenvalue weighted by molar-refractivity contribution is -0.135. The van der Waals surface area contributed by atoms with E-state index in [4.69, 9.17) is 4.74 Å². The third-order valence-electron chi connectivity index (χ3n) is 5.09. The van der Waals surface area contributed by atoms with Crippen molar-refractivity contribution in [2.45, 2.75) is 44.7 Å². The Morgan fingerprint density at radius 1 is 1.10 bits per heavy atom. The van der Waals surface area contributed by atoms with Crippen LogP contribution in [0.4, 0.5) is 13.2 Å². The fourth-order valence-electron chi connectivity index (χ4n) is 3.40. The summed E-state index contributed by atoms with van der Waals surface area (Å²) in [7, 11) is 0. The highest BCUT2D eigenvalue weighted by Crippen LogP contribution is 2.35. The molecule has 0 aliphatic rings. The Labute approximate surface area is 178 Å². The Hall–Kier alpha value is -3.09. The van der Waals surface area contributed by atoms with E-state index in [9.17, 15) is 23.1 Å². The van der Waals surface area contributed by atoms with Crippen molar-refractivity contribution in [1.82, 2.24) is 4.98 Å². The maximum absolute atomic E-state index is 13.0. The molecule has 0 aliphatic carbocycles. The Bertz CT molecular complexity index is 1030. The minimum absolute atomic E-state index is 0.0720. The first-order valence-electron chi connectivity index (χ1n) is 10.2. The molecular formula is C24H24F3NO3. The zero-order valence-electron chi connectivity index (χ0n) is 17.2. The molecular weight excluding hydrogens is 407 g/mol. The van der Waals surface area contributed by atoms with Crippen LogP contribution in [0, 0.1) is 0 Å². The number of alkyl halides is 3. The third-order valence-corrected chi connectivity index (χ3v) is 5.09. The number of unbranched alkanes of at least 4 members (excludes halogenated alkanes) is 1. The molecule has 31 heavy (non-hydrogen) atoms. The van der Waals surface area contributed by atoms with Crippen LogP contribution in [0.25, 0.3) is 10.9 Å². The number of nitrogens with zero attached hydrogens (tertiary/aromatic N) is 1. The molecule has 1 N–H and O–H groups in total. The zero-order valence-corrected chi connectivity index (χ0v) is 17.2. The number of esters is 1. The fourth-order valence-corrected chi connectivity index (χ4v) is 3.40. The van der Waals surface area contributed by atoms with E-state index in [1.54, 1.807) is 36.4 Å². The number of aromatic nitrogens is 1. The number of rotatable bonds is 8. The maximum Gasteiger partial charge on any atom is 0.389 e. The zero-order chi connectivity index (χ0) is 22.4. The molecule has 0 fully saturated rings. The van der Waals surface area contributed by atoms with Gasteiger partial charge in [-0.2, -0.15) is 13.2 Å². The molecule has 0 aliphatic heterocycles. The number of halogens is 3. The molecule has 4 nitrogen and oxygen atoms in total. The Morgan fingerprint density at radius 2 is 1.84 bits per heavy atom. The summed E-state index contributed by atoms with van der Waals surface area (Å²) in [5.41, 5.74) is 2.22. The second-order valence-corrected chi connectivity index (χ2v) is 7.46. The molecule has 0 radical (unpaired) electrons. The Kier molecular flexibility index (Phi) is 7.15. The van der Waals surface area contributed by atoms with Gasteiger partial charge in [-0.25, -0.2) is 4.79 Å². The van der Waals surface area contributed by atoms with Crippen LogP contribution in [-0.4, -0.2) is 28.8 Å². The topological polar surface area (TPSA) is 59.4 Å². The smallest absolute Gasteiger partial charge is 0.389 e. The van der Waals surface area contributed by atoms with E-state index >= 15 is 0 Å². The number of phenols is 1. The molecule has 0 saturated carbocycles. The van der Waals surface area contributed by atoms with Gasteiger partial charge in [0.25, 0.3) is 0 Å². The highest BCUT2D eigenvalue weighted by Gasteiger charge is 2.29. The molecule has 3 rings (SSSR count). The van der Waals surface area contributed by atoms with E-state index in [1.807, 2.05) is 6.92 Å². The molecule has 1 atom stereocenters. The van der Waals surface area contributed by atoms with Crippen LogP contribution in [0.15, 0.2) is 54.7 Å². The van der Waals surface area contributed by atoms with Crippen molar-refractivity contribution in [3.05, 3.63) is 71.4 Å². The summed E-state index contributed by atoms with van der Waals surface area (Å²) in [6.45, 7) is 2.33. The molecule has 7 heteroatoms. The van der Waals surface area contributed by atoms with Crippen molar-refractivity contribution < 1.29 is 27.8 Å². The van der Waals surface area contributed by atoms with E-state index in [0.29, 0.717) is 28.8 Å². The number of carbonyl (C=O) groups is 1. The van der Waals surface area contributed by atoms with Gasteiger partial charge in [-0.1, -0.05) is 25.5 Å². The van der Waals surface area contributed by atoms with Crippen molar-refractivity contribution in [3.8, 4) is 5.75 Å². The molecule has 2 aromatic carbocycles. The number of hydrogen-bond donors (Lipinski definition) is 1. The highest BCUT2D eigenvalue weighted by atomic mass is 19.4. The first-order chi connectivity index (χ1) is 14.8. The summed E-state index contributed by atoms with van der Waals surface area (Å²) >= 11 is 0. The second kappa shape index (κ2) is 9.81. The SMILES string of the molecule is CCCCOC(=O)c1ccc(C(CCC(F)(F)F)c2cnc3cc(O)ccc3c2)cc1. The number of phenolic OH excluding ortho intramolecular Hbond substituents is 1. The minimum Gasteiger partial charge on any atom is -0.508 e. The predicted octanol–water partition coefficient (Wildman–Crippen LogP) is 6.37. The number of ether oxygens (including phenoxy) is 1. The van der Waals surface area contributed by atoms with Gasteiger partial charge in [-0.05, 0) is 54.3 Å². The van der Waals surface area contributed by atoms with Gasteiger partial charge in [0.05, 0.1) is 17.7 Å². The monoisotopic (exact) mass is 431 g/mol. The quantitative estimate of drug-likeness (QED) is 0.332. The molecule has 0 saturated heterocycles. The standard InChI is InChI=1S/C24H24F3NO3/c1-2-3-12-31-23(30)17-6-4-16(5-7-17)21(10-11-24(25,26)27)19-13-18-8-9-20(29)14-22(18)28-15-19/h4-9,13-15,21,29H,2-3,10-12H2,1H3. The molecule has 164 valence electrons. The lowest BCUT2D eigenvalue weighted by atomic mass is 9.87. The predicted molar refractivity (Wildman–Crippen MR) is 112 cm³/mol. The van der Waals surface area contributed by atoms with E-state index in [-0.39, 0.29) is 12.2 Å². The molecule has 1 heterocycles. The van der Waals surface area contributed by atoms with Crippen LogP contribution in [0.5, 0.6) is 5.75 Å². The average Bonchev–Trinajstić information content (AvgIpc) is 2.73. The van der Waals surface area contributed by atoms with Crippen molar-refractivity contribution in [2.75, 3.05) is 6.61 Å². The fraction of sp³-hybridized carbons (Fsp3) is 0.333. The van der Waals surface area contributed by atoms with Gasteiger partial charge in [-0.3, -0.25) is 4.98 Å². The number of hydrogen-bond acceptors (Lipinski definition) is 4. The van der Waals surface area contributed by atoms with E-state index in [1.165, 1.54) is 18.3 Å². The first kappa shape index (κ1) is 22.6. The molecule has 0 bridgehead atoms. The summed E-state index contributed by atoms with van der Waals surface area (Å²) in [5, 5.41) is 10.3. The highest BCUT2D eigenvalue weighted by molar-refractivity contribution is 5.89. The number of benzene rings is 2. The summed E-state index contributed by atoms with van der Waals surface area (Å²) < 4.78 is 44.1. The lowest BCUT2D eigenvalue weighted by Gasteiger charge is -2.19. The van der Waals surface area contributed by atoms with Crippen LogP contribution in [0.1, 0.15) is 60.0 Å². The van der Waals surface area contributed by atoms with Crippen LogP contribution in [0.3, 0.4) is 0 Å². The summed E-state index contributed by atoms with van der Waals surface area (Å²) in [6.07, 6.45) is -2.14. The lowest BCUT2D eigenvalue weighted by Crippen LogP contribution is -2.12. The number of aromatic hydroxyl groups is 1. The van der Waals surface area contributed by atoms with Gasteiger partial charge in [0.2, 0.25) is 0 Å². The molecule has 0 amide bonds. The summed E-state index contributed by atoms with van der Waals surface area (Å²) in [6, 6.07) is 13.0. The van der Waals surface area contributed by atoms with E-state index in [0.717, 1.165) is 18.2 Å². The average molecular weight is 431 g/mol. The Balaban J connectivity index is 1.88. The first-order valence-corrected chi connectivity index (χ1v) is 10.2. The Morgan fingerprint density at radius 3 is 2.52 bits per heavy atom. The van der Waals surface area contributed by atoms with Gasteiger partial charge in [0, 0.05) is 30.0 Å². The van der Waals surface area contributed by atoms with Gasteiger partial charge in [0.1, 0.15) is 5.75 Å². The molecule has 3 aromatic rings. The van der Waals surface area contributed by atoms with E-state index < -0.39 is 24.5 Å². The second-order valence-electron chi connectivity index (χ2n) is 7.46. The van der Waals surface area contributed by atoms with Crippen molar-refractivity contribution >= 4 is 16.9 Å². The normalized spacial score (nSPS) is 12.6. The van der Waals surface area contributed by atoms with Gasteiger partial charge >= 0.3 is 12.1 Å². The van der Waals surface area contributed by atoms with Gasteiger partial charge in [-0.15, -0.1) is 0 Å². The molecule has 1 aromatic heterocycles.